The molecular weight excluding hydrogens is 466 g/mol. The quantitative estimate of drug-likeness (QED) is 0.435. The minimum absolute atomic E-state index is 0.0954. The van der Waals surface area contributed by atoms with Gasteiger partial charge in [0, 0.05) is 44.0 Å². The Hall–Kier alpha value is -3.56. The zero-order valence-electron chi connectivity index (χ0n) is 21.4. The van der Waals surface area contributed by atoms with Crippen LogP contribution in [0.1, 0.15) is 41.4 Å². The van der Waals surface area contributed by atoms with Gasteiger partial charge in [-0.05, 0) is 72.3 Å². The van der Waals surface area contributed by atoms with E-state index in [0.29, 0.717) is 17.9 Å². The summed E-state index contributed by atoms with van der Waals surface area (Å²) in [6.45, 7) is 8.78. The van der Waals surface area contributed by atoms with Gasteiger partial charge in [0.05, 0.1) is 18.2 Å². The number of ether oxygens (including phenoxy) is 1. The first kappa shape index (κ1) is 23.8. The number of pyridine rings is 1. The Kier molecular flexibility index (Phi) is 6.48. The van der Waals surface area contributed by atoms with Gasteiger partial charge in [-0.2, -0.15) is 0 Å². The zero-order valence-corrected chi connectivity index (χ0v) is 21.4. The molecule has 0 unspecified atom stereocenters. The molecule has 2 fully saturated rings. The standard InChI is InChI=1S/C28H33N7O2/c1-19-15-20(2)25-21(16-19)17-24(28(36)29-25)26(27-30-31-32-35(27)18-23-9-6-14-37-23)34-12-10-33(11-13-34)22-7-4-3-5-8-22/h3-5,7-8,15-17,23,26H,6,9-14,18H2,1-2H3,(H,29,36)/t23-,26+/m1/s1. The number of H-pyrrole nitrogens is 1. The van der Waals surface area contributed by atoms with Crippen molar-refractivity contribution in [3.8, 4) is 0 Å². The average Bonchev–Trinajstić information content (AvgIpc) is 3.59. The van der Waals surface area contributed by atoms with E-state index < -0.39 is 0 Å². The summed E-state index contributed by atoms with van der Waals surface area (Å²) in [6, 6.07) is 16.4. The fraction of sp³-hybridized carbons (Fsp3) is 0.429. The van der Waals surface area contributed by atoms with Crippen molar-refractivity contribution in [2.75, 3.05) is 37.7 Å². The van der Waals surface area contributed by atoms with Crippen molar-refractivity contribution in [1.29, 1.82) is 0 Å². The van der Waals surface area contributed by atoms with Crippen LogP contribution in [0.5, 0.6) is 0 Å². The molecule has 6 rings (SSSR count). The lowest BCUT2D eigenvalue weighted by molar-refractivity contribution is 0.0906. The highest BCUT2D eigenvalue weighted by molar-refractivity contribution is 5.83. The summed E-state index contributed by atoms with van der Waals surface area (Å²) in [6.07, 6.45) is 2.14. The predicted molar refractivity (Wildman–Crippen MR) is 143 cm³/mol. The van der Waals surface area contributed by atoms with Crippen LogP contribution in [0.4, 0.5) is 5.69 Å². The van der Waals surface area contributed by atoms with Crippen molar-refractivity contribution in [2.24, 2.45) is 0 Å². The van der Waals surface area contributed by atoms with Crippen LogP contribution in [-0.2, 0) is 11.3 Å². The van der Waals surface area contributed by atoms with E-state index >= 15 is 0 Å². The van der Waals surface area contributed by atoms with Crippen molar-refractivity contribution in [3.05, 3.63) is 81.4 Å². The highest BCUT2D eigenvalue weighted by Crippen LogP contribution is 2.30. The molecule has 0 bridgehead atoms. The van der Waals surface area contributed by atoms with E-state index in [1.165, 1.54) is 11.3 Å². The number of aromatic nitrogens is 5. The minimum Gasteiger partial charge on any atom is -0.376 e. The largest absolute Gasteiger partial charge is 0.376 e. The van der Waals surface area contributed by atoms with Crippen LogP contribution in [0.3, 0.4) is 0 Å². The number of rotatable bonds is 6. The maximum Gasteiger partial charge on any atom is 0.253 e. The van der Waals surface area contributed by atoms with Crippen molar-refractivity contribution >= 4 is 16.6 Å². The molecule has 2 aliphatic rings. The SMILES string of the molecule is Cc1cc(C)c2[nH]c(=O)c([C@@H](c3nnnn3C[C@H]3CCCO3)N3CCN(c4ccccc4)CC3)cc2c1. The first-order chi connectivity index (χ1) is 18.1. The maximum absolute atomic E-state index is 13.6. The second kappa shape index (κ2) is 10.1. The Morgan fingerprint density at radius 1 is 1.08 bits per heavy atom. The van der Waals surface area contributed by atoms with E-state index in [0.717, 1.165) is 62.1 Å². The topological polar surface area (TPSA) is 92.2 Å². The van der Waals surface area contributed by atoms with Gasteiger partial charge in [-0.3, -0.25) is 9.69 Å². The number of fused-ring (bicyclic) bond motifs is 1. The summed E-state index contributed by atoms with van der Waals surface area (Å²) in [5, 5.41) is 13.9. The van der Waals surface area contributed by atoms with Gasteiger partial charge in [-0.15, -0.1) is 5.10 Å². The number of hydrogen-bond donors (Lipinski definition) is 1. The number of para-hydroxylation sites is 1. The van der Waals surface area contributed by atoms with Crippen LogP contribution in [0.2, 0.25) is 0 Å². The summed E-state index contributed by atoms with van der Waals surface area (Å²) in [7, 11) is 0. The number of piperazine rings is 1. The predicted octanol–water partition coefficient (Wildman–Crippen LogP) is 3.22. The van der Waals surface area contributed by atoms with Crippen LogP contribution in [0.15, 0.2) is 53.3 Å². The summed E-state index contributed by atoms with van der Waals surface area (Å²) in [4.78, 5) is 21.5. The lowest BCUT2D eigenvalue weighted by Crippen LogP contribution is -2.49. The highest BCUT2D eigenvalue weighted by Gasteiger charge is 2.33. The third-order valence-corrected chi connectivity index (χ3v) is 7.62. The molecule has 2 aliphatic heterocycles. The van der Waals surface area contributed by atoms with Gasteiger partial charge in [0.2, 0.25) is 0 Å². The molecule has 9 nitrogen and oxygen atoms in total. The molecule has 2 saturated heterocycles. The Labute approximate surface area is 216 Å². The summed E-state index contributed by atoms with van der Waals surface area (Å²) in [5.74, 6) is 0.692. The lowest BCUT2D eigenvalue weighted by Gasteiger charge is -2.39. The van der Waals surface area contributed by atoms with Gasteiger partial charge in [-0.1, -0.05) is 29.8 Å². The zero-order chi connectivity index (χ0) is 25.4. The molecule has 2 aromatic carbocycles. The number of aryl methyl sites for hydroxylation is 2. The Balaban J connectivity index is 1.39. The summed E-state index contributed by atoms with van der Waals surface area (Å²) in [5.41, 5.74) is 4.91. The van der Waals surface area contributed by atoms with E-state index in [-0.39, 0.29) is 17.7 Å². The Bertz CT molecular complexity index is 1430. The van der Waals surface area contributed by atoms with Crippen molar-refractivity contribution < 1.29 is 4.74 Å². The molecule has 0 radical (unpaired) electrons. The second-order valence-electron chi connectivity index (χ2n) is 10.2. The molecule has 0 saturated carbocycles. The van der Waals surface area contributed by atoms with Gasteiger partial charge in [-0.25, -0.2) is 4.68 Å². The molecule has 192 valence electrons. The Morgan fingerprint density at radius 3 is 2.65 bits per heavy atom. The number of nitrogens with one attached hydrogen (secondary N) is 1. The van der Waals surface area contributed by atoms with Gasteiger partial charge < -0.3 is 14.6 Å². The molecular formula is C28H33N7O2. The first-order valence-electron chi connectivity index (χ1n) is 13.1. The van der Waals surface area contributed by atoms with Crippen LogP contribution in [0.25, 0.3) is 10.9 Å². The number of anilines is 1. The minimum atomic E-state index is -0.358. The monoisotopic (exact) mass is 499 g/mol. The van der Waals surface area contributed by atoms with Crippen LogP contribution >= 0.6 is 0 Å². The van der Waals surface area contributed by atoms with Crippen molar-refractivity contribution in [3.63, 3.8) is 0 Å². The van der Waals surface area contributed by atoms with Gasteiger partial charge >= 0.3 is 0 Å². The third kappa shape index (κ3) is 4.76. The smallest absolute Gasteiger partial charge is 0.253 e. The van der Waals surface area contributed by atoms with Crippen LogP contribution in [0, 0.1) is 13.8 Å². The number of tetrazole rings is 1. The van der Waals surface area contributed by atoms with Gasteiger partial charge in [0.25, 0.3) is 5.56 Å². The molecule has 0 spiro atoms. The second-order valence-corrected chi connectivity index (χ2v) is 10.2. The summed E-state index contributed by atoms with van der Waals surface area (Å²) >= 11 is 0. The number of aromatic amines is 1. The van der Waals surface area contributed by atoms with E-state index in [2.05, 4.69) is 73.6 Å². The van der Waals surface area contributed by atoms with E-state index in [1.54, 1.807) is 0 Å². The molecule has 4 heterocycles. The third-order valence-electron chi connectivity index (χ3n) is 7.62. The molecule has 2 aromatic heterocycles. The van der Waals surface area contributed by atoms with E-state index in [1.807, 2.05) is 23.7 Å². The van der Waals surface area contributed by atoms with E-state index in [9.17, 15) is 4.79 Å². The number of hydrogen-bond acceptors (Lipinski definition) is 7. The summed E-state index contributed by atoms with van der Waals surface area (Å²) < 4.78 is 7.72. The molecule has 4 aromatic rings. The normalized spacial score (nSPS) is 19.5. The highest BCUT2D eigenvalue weighted by atomic mass is 16.5. The average molecular weight is 500 g/mol. The number of nitrogens with zero attached hydrogens (tertiary/aromatic N) is 6. The maximum atomic E-state index is 13.6. The van der Waals surface area contributed by atoms with Crippen molar-refractivity contribution in [1.82, 2.24) is 30.1 Å². The fourth-order valence-electron chi connectivity index (χ4n) is 5.80. The van der Waals surface area contributed by atoms with Crippen LogP contribution in [-0.4, -0.2) is 69.0 Å². The number of benzene rings is 2. The first-order valence-corrected chi connectivity index (χ1v) is 13.1. The fourth-order valence-corrected chi connectivity index (χ4v) is 5.80. The molecule has 0 amide bonds. The lowest BCUT2D eigenvalue weighted by atomic mass is 10.00. The van der Waals surface area contributed by atoms with Gasteiger partial charge in [0.1, 0.15) is 6.04 Å². The van der Waals surface area contributed by atoms with Gasteiger partial charge in [0.15, 0.2) is 5.82 Å². The van der Waals surface area contributed by atoms with Crippen LogP contribution < -0.4 is 10.5 Å². The Morgan fingerprint density at radius 2 is 1.89 bits per heavy atom. The molecule has 1 N–H and O–H groups in total. The molecule has 37 heavy (non-hydrogen) atoms. The van der Waals surface area contributed by atoms with Crippen molar-refractivity contribution in [2.45, 2.75) is 45.4 Å². The molecule has 9 heteroatoms. The van der Waals surface area contributed by atoms with E-state index in [4.69, 9.17) is 4.74 Å². The molecule has 0 aliphatic carbocycles. The molecule has 2 atom stereocenters.